The van der Waals surface area contributed by atoms with Gasteiger partial charge in [-0.1, -0.05) is 22.8 Å². The molecule has 7 heteroatoms. The van der Waals surface area contributed by atoms with Crippen molar-refractivity contribution < 1.29 is 13.7 Å². The second-order valence-electron chi connectivity index (χ2n) is 4.66. The van der Waals surface area contributed by atoms with E-state index < -0.39 is 0 Å². The average molecular weight is 314 g/mol. The molecular formula is C14H17ClFN3O2. The minimum Gasteiger partial charge on any atom is -0.383 e. The van der Waals surface area contributed by atoms with E-state index in [2.05, 4.69) is 15.5 Å². The summed E-state index contributed by atoms with van der Waals surface area (Å²) in [4.78, 5) is 4.31. The summed E-state index contributed by atoms with van der Waals surface area (Å²) >= 11 is 5.98. The summed E-state index contributed by atoms with van der Waals surface area (Å²) in [5.74, 6) is 0.680. The number of likely N-dealkylation sites (N-methyl/N-ethyl adjacent to an activating group) is 1. The quantitative estimate of drug-likeness (QED) is 0.849. The number of hydrogen-bond donors (Lipinski definition) is 1. The molecule has 1 aromatic carbocycles. The van der Waals surface area contributed by atoms with Crippen LogP contribution >= 0.6 is 11.6 Å². The monoisotopic (exact) mass is 313 g/mol. The Labute approximate surface area is 127 Å². The fraction of sp³-hybridized carbons (Fsp3) is 0.429. The molecule has 1 atom stereocenters. The molecule has 0 aliphatic carbocycles. The van der Waals surface area contributed by atoms with Crippen LogP contribution in [0.5, 0.6) is 0 Å². The molecule has 1 unspecified atom stereocenters. The minimum atomic E-state index is -0.367. The number of ether oxygens (including phenoxy) is 1. The van der Waals surface area contributed by atoms with E-state index in [-0.39, 0.29) is 11.9 Å². The van der Waals surface area contributed by atoms with Crippen LogP contribution in [-0.4, -0.2) is 36.9 Å². The maximum absolute atomic E-state index is 13.0. The largest absolute Gasteiger partial charge is 0.383 e. The molecule has 0 radical (unpaired) electrons. The highest BCUT2D eigenvalue weighted by Crippen LogP contribution is 2.19. The second-order valence-corrected chi connectivity index (χ2v) is 5.07. The zero-order valence-corrected chi connectivity index (χ0v) is 12.7. The van der Waals surface area contributed by atoms with Crippen molar-refractivity contribution in [1.29, 1.82) is 0 Å². The number of nitrogens with one attached hydrogen (secondary N) is 1. The van der Waals surface area contributed by atoms with Crippen LogP contribution in [0.3, 0.4) is 0 Å². The van der Waals surface area contributed by atoms with Gasteiger partial charge in [0.05, 0.1) is 6.61 Å². The molecule has 5 nitrogen and oxygen atoms in total. The number of aromatic nitrogens is 2. The molecule has 2 rings (SSSR count). The van der Waals surface area contributed by atoms with Crippen LogP contribution in [-0.2, 0) is 17.6 Å². The number of nitrogens with zero attached hydrogens (tertiary/aromatic N) is 2. The van der Waals surface area contributed by atoms with E-state index in [4.69, 9.17) is 20.9 Å². The third kappa shape index (κ3) is 4.49. The van der Waals surface area contributed by atoms with Crippen molar-refractivity contribution in [2.24, 2.45) is 0 Å². The van der Waals surface area contributed by atoms with Gasteiger partial charge in [-0.15, -0.1) is 0 Å². The highest BCUT2D eigenvalue weighted by molar-refractivity contribution is 6.31. The first kappa shape index (κ1) is 15.9. The predicted octanol–water partition coefficient (Wildman–Crippen LogP) is 2.23. The Morgan fingerprint density at radius 2 is 2.29 bits per heavy atom. The third-order valence-corrected chi connectivity index (χ3v) is 3.42. The molecule has 0 spiro atoms. The number of halogens is 2. The maximum atomic E-state index is 13.0. The van der Waals surface area contributed by atoms with Gasteiger partial charge in [0.15, 0.2) is 5.82 Å². The van der Waals surface area contributed by atoms with Crippen LogP contribution in [0.15, 0.2) is 22.7 Å². The fourth-order valence-electron chi connectivity index (χ4n) is 1.94. The molecule has 0 bridgehead atoms. The fourth-order valence-corrected chi connectivity index (χ4v) is 2.17. The van der Waals surface area contributed by atoms with Gasteiger partial charge in [0.25, 0.3) is 0 Å². The topological polar surface area (TPSA) is 60.2 Å². The first-order valence-electron chi connectivity index (χ1n) is 6.54. The Balaban J connectivity index is 2.02. The summed E-state index contributed by atoms with van der Waals surface area (Å²) in [6.07, 6.45) is 0.978. The molecule has 0 aliphatic rings. The predicted molar refractivity (Wildman–Crippen MR) is 76.9 cm³/mol. The Morgan fingerprint density at radius 1 is 1.48 bits per heavy atom. The summed E-state index contributed by atoms with van der Waals surface area (Å²) in [7, 11) is 3.49. The molecule has 1 N–H and O–H groups in total. The number of methoxy groups -OCH3 is 1. The summed E-state index contributed by atoms with van der Waals surface area (Å²) in [5.41, 5.74) is 0.757. The maximum Gasteiger partial charge on any atom is 0.228 e. The Hall–Kier alpha value is -1.50. The Bertz CT molecular complexity index is 591. The lowest BCUT2D eigenvalue weighted by Gasteiger charge is -2.11. The molecule has 0 fully saturated rings. The Morgan fingerprint density at radius 3 is 2.95 bits per heavy atom. The van der Waals surface area contributed by atoms with Crippen LogP contribution in [0.1, 0.15) is 17.3 Å². The average Bonchev–Trinajstić information content (AvgIpc) is 2.89. The summed E-state index contributed by atoms with van der Waals surface area (Å²) in [6, 6.07) is 4.36. The van der Waals surface area contributed by atoms with E-state index in [1.165, 1.54) is 12.1 Å². The lowest BCUT2D eigenvalue weighted by molar-refractivity contribution is 0.165. The molecule has 0 saturated heterocycles. The molecule has 1 aromatic heterocycles. The first-order chi connectivity index (χ1) is 10.1. The molecule has 1 heterocycles. The minimum absolute atomic E-state index is 0.109. The molecule has 2 aromatic rings. The van der Waals surface area contributed by atoms with E-state index in [1.807, 2.05) is 7.05 Å². The second kappa shape index (κ2) is 7.49. The van der Waals surface area contributed by atoms with Gasteiger partial charge in [0.2, 0.25) is 5.89 Å². The number of rotatable bonds is 7. The Kier molecular flexibility index (Phi) is 5.67. The summed E-state index contributed by atoms with van der Waals surface area (Å²) in [6.45, 7) is 0.554. The van der Waals surface area contributed by atoms with Crippen molar-refractivity contribution in [3.63, 3.8) is 0 Å². The molecule has 0 saturated carbocycles. The van der Waals surface area contributed by atoms with Gasteiger partial charge in [-0.25, -0.2) is 4.39 Å². The molecular weight excluding hydrogens is 297 g/mol. The van der Waals surface area contributed by atoms with E-state index in [0.717, 1.165) is 5.56 Å². The number of hydrogen-bond acceptors (Lipinski definition) is 5. The van der Waals surface area contributed by atoms with Crippen molar-refractivity contribution in [1.82, 2.24) is 15.5 Å². The van der Waals surface area contributed by atoms with Crippen LogP contribution in [0, 0.1) is 5.82 Å². The van der Waals surface area contributed by atoms with E-state index in [1.54, 1.807) is 13.2 Å². The highest BCUT2D eigenvalue weighted by Gasteiger charge is 2.14. The lowest BCUT2D eigenvalue weighted by Crippen LogP contribution is -2.32. The third-order valence-electron chi connectivity index (χ3n) is 3.07. The van der Waals surface area contributed by atoms with Gasteiger partial charge in [-0.05, 0) is 24.7 Å². The van der Waals surface area contributed by atoms with E-state index in [0.29, 0.717) is 36.2 Å². The smallest absolute Gasteiger partial charge is 0.228 e. The van der Waals surface area contributed by atoms with Crippen molar-refractivity contribution in [3.05, 3.63) is 46.3 Å². The van der Waals surface area contributed by atoms with Gasteiger partial charge in [0.1, 0.15) is 5.82 Å². The van der Waals surface area contributed by atoms with Crippen molar-refractivity contribution in [2.75, 3.05) is 20.8 Å². The molecule has 0 amide bonds. The van der Waals surface area contributed by atoms with Gasteiger partial charge in [0, 0.05) is 31.0 Å². The van der Waals surface area contributed by atoms with Gasteiger partial charge in [-0.2, -0.15) is 4.98 Å². The molecule has 21 heavy (non-hydrogen) atoms. The molecule has 0 aliphatic heterocycles. The van der Waals surface area contributed by atoms with Crippen molar-refractivity contribution in [3.8, 4) is 0 Å². The lowest BCUT2D eigenvalue weighted by atomic mass is 10.1. The SMILES string of the molecule is CNC(COC)Cc1nc(Cc2ccc(F)cc2Cl)no1. The van der Waals surface area contributed by atoms with Crippen LogP contribution < -0.4 is 5.32 Å². The van der Waals surface area contributed by atoms with Crippen molar-refractivity contribution >= 4 is 11.6 Å². The van der Waals surface area contributed by atoms with Crippen LogP contribution in [0.2, 0.25) is 5.02 Å². The zero-order chi connectivity index (χ0) is 15.2. The van der Waals surface area contributed by atoms with Gasteiger partial charge in [-0.3, -0.25) is 0 Å². The van der Waals surface area contributed by atoms with E-state index in [9.17, 15) is 4.39 Å². The summed E-state index contributed by atoms with van der Waals surface area (Å²) in [5, 5.41) is 7.38. The van der Waals surface area contributed by atoms with Gasteiger partial charge < -0.3 is 14.6 Å². The molecule has 114 valence electrons. The van der Waals surface area contributed by atoms with Gasteiger partial charge >= 0.3 is 0 Å². The summed E-state index contributed by atoms with van der Waals surface area (Å²) < 4.78 is 23.3. The standard InChI is InChI=1S/C14H17ClFN3O2/c1-17-11(8-20-2)7-14-18-13(19-21-14)5-9-3-4-10(16)6-12(9)15/h3-4,6,11,17H,5,7-8H2,1-2H3. The first-order valence-corrected chi connectivity index (χ1v) is 6.91. The normalized spacial score (nSPS) is 12.6. The zero-order valence-electron chi connectivity index (χ0n) is 11.9. The number of benzene rings is 1. The van der Waals surface area contributed by atoms with Crippen LogP contribution in [0.4, 0.5) is 4.39 Å². The van der Waals surface area contributed by atoms with E-state index >= 15 is 0 Å². The van der Waals surface area contributed by atoms with Crippen LogP contribution in [0.25, 0.3) is 0 Å². The van der Waals surface area contributed by atoms with Crippen molar-refractivity contribution in [2.45, 2.75) is 18.9 Å². The highest BCUT2D eigenvalue weighted by atomic mass is 35.5.